The van der Waals surface area contributed by atoms with Gasteiger partial charge < -0.3 is 15.3 Å². The Hall–Kier alpha value is -1.52. The number of nitrogens with two attached hydrogens (primary N) is 1. The van der Waals surface area contributed by atoms with Crippen molar-refractivity contribution in [3.63, 3.8) is 0 Å². The predicted octanol–water partition coefficient (Wildman–Crippen LogP) is 2.17. The summed E-state index contributed by atoms with van der Waals surface area (Å²) in [4.78, 5) is 10.7. The minimum Gasteiger partial charge on any atom is -0.480 e. The Kier molecular flexibility index (Phi) is 2.38. The molecule has 0 aliphatic rings. The van der Waals surface area contributed by atoms with Crippen LogP contribution in [0, 0.1) is 0 Å². The number of benzene rings is 1. The van der Waals surface area contributed by atoms with Gasteiger partial charge in [0.15, 0.2) is 11.8 Å². The standard InChI is InChI=1S/C10H8ClNO3/c11-7-5-3-1-2-4-6(5)15-9(7)8(12)10(13)14/h1-4,8H,12H2,(H,13,14). The lowest BCUT2D eigenvalue weighted by Crippen LogP contribution is -2.20. The van der Waals surface area contributed by atoms with E-state index < -0.39 is 12.0 Å². The average molecular weight is 226 g/mol. The number of aliphatic carboxylic acids is 1. The molecule has 3 N–H and O–H groups in total. The van der Waals surface area contributed by atoms with Crippen LogP contribution in [0.2, 0.25) is 5.02 Å². The van der Waals surface area contributed by atoms with E-state index in [1.807, 2.05) is 0 Å². The van der Waals surface area contributed by atoms with Crippen molar-refractivity contribution >= 4 is 28.5 Å². The number of rotatable bonds is 2. The zero-order valence-electron chi connectivity index (χ0n) is 7.61. The van der Waals surface area contributed by atoms with Gasteiger partial charge in [-0.3, -0.25) is 4.79 Å². The van der Waals surface area contributed by atoms with Crippen molar-refractivity contribution < 1.29 is 14.3 Å². The Bertz CT molecular complexity index is 520. The fraction of sp³-hybridized carbons (Fsp3) is 0.100. The quantitative estimate of drug-likeness (QED) is 0.821. The maximum atomic E-state index is 10.7. The Labute approximate surface area is 90.2 Å². The van der Waals surface area contributed by atoms with Crippen LogP contribution in [0.1, 0.15) is 11.8 Å². The number of fused-ring (bicyclic) bond motifs is 1. The summed E-state index contributed by atoms with van der Waals surface area (Å²) in [5.74, 6) is -1.08. The van der Waals surface area contributed by atoms with E-state index in [9.17, 15) is 4.79 Å². The summed E-state index contributed by atoms with van der Waals surface area (Å²) in [5.41, 5.74) is 5.96. The summed E-state index contributed by atoms with van der Waals surface area (Å²) in [6.07, 6.45) is 0. The fourth-order valence-corrected chi connectivity index (χ4v) is 1.66. The first kappa shape index (κ1) is 10.0. The summed E-state index contributed by atoms with van der Waals surface area (Å²) < 4.78 is 5.28. The van der Waals surface area contributed by atoms with Crippen LogP contribution in [0.25, 0.3) is 11.0 Å². The van der Waals surface area contributed by atoms with Crippen molar-refractivity contribution in [1.29, 1.82) is 0 Å². The Morgan fingerprint density at radius 1 is 1.47 bits per heavy atom. The molecular weight excluding hydrogens is 218 g/mol. The molecule has 0 amide bonds. The smallest absolute Gasteiger partial charge is 0.328 e. The lowest BCUT2D eigenvalue weighted by atomic mass is 10.2. The third-order valence-electron chi connectivity index (χ3n) is 2.11. The van der Waals surface area contributed by atoms with Gasteiger partial charge in [0.2, 0.25) is 0 Å². The van der Waals surface area contributed by atoms with E-state index in [-0.39, 0.29) is 10.8 Å². The van der Waals surface area contributed by atoms with E-state index >= 15 is 0 Å². The molecule has 1 aromatic carbocycles. The molecule has 0 saturated heterocycles. The maximum absolute atomic E-state index is 10.7. The van der Waals surface area contributed by atoms with Gasteiger partial charge in [0.25, 0.3) is 0 Å². The lowest BCUT2D eigenvalue weighted by molar-refractivity contribution is -0.139. The van der Waals surface area contributed by atoms with E-state index in [1.54, 1.807) is 24.3 Å². The molecule has 1 unspecified atom stereocenters. The molecule has 1 heterocycles. The average Bonchev–Trinajstić information content (AvgIpc) is 2.56. The number of hydrogen-bond acceptors (Lipinski definition) is 3. The van der Waals surface area contributed by atoms with Crippen molar-refractivity contribution in [2.24, 2.45) is 5.73 Å². The van der Waals surface area contributed by atoms with Crippen LogP contribution in [0.15, 0.2) is 28.7 Å². The minimum absolute atomic E-state index is 0.0883. The minimum atomic E-state index is -1.23. The van der Waals surface area contributed by atoms with Crippen LogP contribution in [0.4, 0.5) is 0 Å². The van der Waals surface area contributed by atoms with E-state index in [2.05, 4.69) is 0 Å². The second-order valence-corrected chi connectivity index (χ2v) is 3.47. The Balaban J connectivity index is 2.63. The molecular formula is C10H8ClNO3. The van der Waals surface area contributed by atoms with Crippen molar-refractivity contribution in [3.05, 3.63) is 35.0 Å². The summed E-state index contributed by atoms with van der Waals surface area (Å²) in [5, 5.41) is 9.68. The monoisotopic (exact) mass is 225 g/mol. The fourth-order valence-electron chi connectivity index (χ4n) is 1.35. The topological polar surface area (TPSA) is 76.5 Å². The van der Waals surface area contributed by atoms with E-state index in [0.29, 0.717) is 11.0 Å². The molecule has 15 heavy (non-hydrogen) atoms. The van der Waals surface area contributed by atoms with Crippen molar-refractivity contribution in [3.8, 4) is 0 Å². The molecule has 0 saturated carbocycles. The van der Waals surface area contributed by atoms with Crippen molar-refractivity contribution in [1.82, 2.24) is 0 Å². The second-order valence-electron chi connectivity index (χ2n) is 3.09. The van der Waals surface area contributed by atoms with E-state index in [1.165, 1.54) is 0 Å². The number of carbonyl (C=O) groups is 1. The first-order valence-electron chi connectivity index (χ1n) is 4.26. The van der Waals surface area contributed by atoms with Crippen LogP contribution < -0.4 is 5.73 Å². The van der Waals surface area contributed by atoms with Crippen LogP contribution in [-0.2, 0) is 4.79 Å². The molecule has 0 radical (unpaired) electrons. The van der Waals surface area contributed by atoms with Crippen molar-refractivity contribution in [2.45, 2.75) is 6.04 Å². The van der Waals surface area contributed by atoms with Gasteiger partial charge >= 0.3 is 5.97 Å². The normalized spacial score (nSPS) is 12.9. The number of hydrogen-bond donors (Lipinski definition) is 2. The molecule has 2 rings (SSSR count). The van der Waals surface area contributed by atoms with E-state index in [4.69, 9.17) is 26.9 Å². The summed E-state index contributed by atoms with van der Waals surface area (Å²) in [6, 6.07) is 5.79. The van der Waals surface area contributed by atoms with Crippen LogP contribution >= 0.6 is 11.6 Å². The molecule has 5 heteroatoms. The molecule has 0 aliphatic carbocycles. The lowest BCUT2D eigenvalue weighted by Gasteiger charge is -2.01. The molecule has 1 aromatic heterocycles. The highest BCUT2D eigenvalue weighted by molar-refractivity contribution is 6.36. The highest BCUT2D eigenvalue weighted by atomic mass is 35.5. The van der Waals surface area contributed by atoms with Gasteiger partial charge in [-0.2, -0.15) is 0 Å². The molecule has 1 atom stereocenters. The van der Waals surface area contributed by atoms with Crippen LogP contribution in [-0.4, -0.2) is 11.1 Å². The third kappa shape index (κ3) is 1.58. The molecule has 4 nitrogen and oxygen atoms in total. The Morgan fingerprint density at radius 3 is 2.73 bits per heavy atom. The number of halogens is 1. The maximum Gasteiger partial charge on any atom is 0.328 e. The highest BCUT2D eigenvalue weighted by Crippen LogP contribution is 2.33. The van der Waals surface area contributed by atoms with Gasteiger partial charge in [-0.15, -0.1) is 0 Å². The third-order valence-corrected chi connectivity index (χ3v) is 2.50. The zero-order chi connectivity index (χ0) is 11.0. The molecule has 78 valence electrons. The summed E-state index contributed by atoms with van der Waals surface area (Å²) in [6.45, 7) is 0. The highest BCUT2D eigenvalue weighted by Gasteiger charge is 2.23. The number of furan rings is 1. The zero-order valence-corrected chi connectivity index (χ0v) is 8.36. The van der Waals surface area contributed by atoms with Crippen LogP contribution in [0.5, 0.6) is 0 Å². The molecule has 0 fully saturated rings. The van der Waals surface area contributed by atoms with Gasteiger partial charge in [0.1, 0.15) is 5.58 Å². The second kappa shape index (κ2) is 3.56. The first-order valence-corrected chi connectivity index (χ1v) is 4.64. The van der Waals surface area contributed by atoms with Crippen molar-refractivity contribution in [2.75, 3.05) is 0 Å². The molecule has 0 spiro atoms. The van der Waals surface area contributed by atoms with Gasteiger partial charge in [0.05, 0.1) is 5.02 Å². The Morgan fingerprint density at radius 2 is 2.13 bits per heavy atom. The van der Waals surface area contributed by atoms with E-state index in [0.717, 1.165) is 0 Å². The van der Waals surface area contributed by atoms with Gasteiger partial charge in [-0.05, 0) is 12.1 Å². The molecule has 2 aromatic rings. The first-order chi connectivity index (χ1) is 7.11. The molecule has 0 aliphatic heterocycles. The number of carboxylic acids is 1. The predicted molar refractivity (Wildman–Crippen MR) is 55.8 cm³/mol. The van der Waals surface area contributed by atoms with Gasteiger partial charge in [0, 0.05) is 5.39 Å². The molecule has 0 bridgehead atoms. The van der Waals surface area contributed by atoms with Gasteiger partial charge in [-0.25, -0.2) is 0 Å². The summed E-state index contributed by atoms with van der Waals surface area (Å²) in [7, 11) is 0. The van der Waals surface area contributed by atoms with Gasteiger partial charge in [-0.1, -0.05) is 23.7 Å². The summed E-state index contributed by atoms with van der Waals surface area (Å²) >= 11 is 5.96. The number of carboxylic acid groups (broad SMARTS) is 1. The largest absolute Gasteiger partial charge is 0.480 e. The number of para-hydroxylation sites is 1. The SMILES string of the molecule is NC(C(=O)O)c1oc2ccccc2c1Cl. The van der Waals surface area contributed by atoms with Crippen LogP contribution in [0.3, 0.4) is 0 Å².